The summed E-state index contributed by atoms with van der Waals surface area (Å²) >= 11 is 0. The van der Waals surface area contributed by atoms with Crippen molar-refractivity contribution in [1.29, 1.82) is 5.26 Å². The van der Waals surface area contributed by atoms with Crippen molar-refractivity contribution in [2.45, 2.75) is 11.7 Å². The minimum atomic E-state index is -3.63. The Morgan fingerprint density at radius 2 is 1.88 bits per heavy atom. The molecule has 1 fully saturated rings. The van der Waals surface area contributed by atoms with Gasteiger partial charge in [-0.3, -0.25) is 0 Å². The lowest BCUT2D eigenvalue weighted by Gasteiger charge is -2.35. The topological polar surface area (TPSA) is 51.5 Å². The molecular formula is C11H7F2NO3. The molecule has 0 amide bonds. The van der Waals surface area contributed by atoms with E-state index < -0.39 is 11.7 Å². The van der Waals surface area contributed by atoms with Crippen LogP contribution in [0.15, 0.2) is 18.2 Å². The maximum Gasteiger partial charge on any atom is 0.586 e. The number of halogens is 2. The minimum absolute atomic E-state index is 0.0212. The Kier molecular flexibility index (Phi) is 1.86. The van der Waals surface area contributed by atoms with Crippen LogP contribution in [0, 0.1) is 11.3 Å². The predicted octanol–water partition coefficient (Wildman–Crippen LogP) is 1.80. The van der Waals surface area contributed by atoms with Gasteiger partial charge in [-0.2, -0.15) is 5.26 Å². The molecule has 17 heavy (non-hydrogen) atoms. The molecule has 0 spiro atoms. The molecule has 2 aliphatic rings. The Morgan fingerprint density at radius 3 is 2.47 bits per heavy atom. The van der Waals surface area contributed by atoms with Crippen molar-refractivity contribution in [3.05, 3.63) is 23.8 Å². The lowest BCUT2D eigenvalue weighted by atomic mass is 9.80. The van der Waals surface area contributed by atoms with Crippen LogP contribution in [0.3, 0.4) is 0 Å². The molecule has 2 heterocycles. The summed E-state index contributed by atoms with van der Waals surface area (Å²) in [5.74, 6) is -0.0684. The molecule has 3 rings (SSSR count). The first-order chi connectivity index (χ1) is 8.05. The van der Waals surface area contributed by atoms with E-state index in [0.717, 1.165) is 0 Å². The van der Waals surface area contributed by atoms with Gasteiger partial charge in [0, 0.05) is 0 Å². The van der Waals surface area contributed by atoms with Crippen LogP contribution in [-0.4, -0.2) is 19.5 Å². The second kappa shape index (κ2) is 3.08. The molecule has 0 aliphatic carbocycles. The first kappa shape index (κ1) is 10.3. The lowest BCUT2D eigenvalue weighted by molar-refractivity contribution is -0.286. The van der Waals surface area contributed by atoms with E-state index in [0.29, 0.717) is 5.56 Å². The Balaban J connectivity index is 1.99. The summed E-state index contributed by atoms with van der Waals surface area (Å²) in [4.78, 5) is 0. The third-order valence-electron chi connectivity index (χ3n) is 2.86. The third kappa shape index (κ3) is 1.43. The van der Waals surface area contributed by atoms with Gasteiger partial charge < -0.3 is 14.2 Å². The summed E-state index contributed by atoms with van der Waals surface area (Å²) in [6.07, 6.45) is -3.63. The molecular weight excluding hydrogens is 232 g/mol. The molecule has 1 aromatic rings. The Hall–Kier alpha value is -1.87. The van der Waals surface area contributed by atoms with Crippen LogP contribution < -0.4 is 9.47 Å². The summed E-state index contributed by atoms with van der Waals surface area (Å²) in [6, 6.07) is 6.50. The van der Waals surface area contributed by atoms with Crippen LogP contribution in [0.25, 0.3) is 0 Å². The zero-order valence-corrected chi connectivity index (χ0v) is 8.57. The predicted molar refractivity (Wildman–Crippen MR) is 50.8 cm³/mol. The Labute approximate surface area is 95.3 Å². The second-order valence-electron chi connectivity index (χ2n) is 4.02. The van der Waals surface area contributed by atoms with Gasteiger partial charge in [0.1, 0.15) is 5.41 Å². The van der Waals surface area contributed by atoms with Gasteiger partial charge >= 0.3 is 6.29 Å². The van der Waals surface area contributed by atoms with Gasteiger partial charge in [0.2, 0.25) is 0 Å². The third-order valence-corrected chi connectivity index (χ3v) is 2.86. The molecule has 0 atom stereocenters. The molecule has 0 radical (unpaired) electrons. The minimum Gasteiger partial charge on any atom is -0.395 e. The fraction of sp³-hybridized carbons (Fsp3) is 0.364. The fourth-order valence-corrected chi connectivity index (χ4v) is 1.85. The number of benzene rings is 1. The molecule has 6 heteroatoms. The number of hydrogen-bond acceptors (Lipinski definition) is 4. The monoisotopic (exact) mass is 239 g/mol. The van der Waals surface area contributed by atoms with Crippen molar-refractivity contribution in [2.24, 2.45) is 0 Å². The van der Waals surface area contributed by atoms with E-state index in [1.54, 1.807) is 6.07 Å². The number of nitrogens with zero attached hydrogens (tertiary/aromatic N) is 1. The molecule has 4 nitrogen and oxygen atoms in total. The van der Waals surface area contributed by atoms with Crippen molar-refractivity contribution >= 4 is 0 Å². The van der Waals surface area contributed by atoms with E-state index in [-0.39, 0.29) is 24.7 Å². The Bertz CT molecular complexity index is 520. The molecule has 2 aliphatic heterocycles. The van der Waals surface area contributed by atoms with Crippen LogP contribution in [0.4, 0.5) is 8.78 Å². The van der Waals surface area contributed by atoms with E-state index in [1.807, 2.05) is 0 Å². The van der Waals surface area contributed by atoms with Crippen LogP contribution in [-0.2, 0) is 10.2 Å². The number of nitriles is 1. The van der Waals surface area contributed by atoms with Gasteiger partial charge in [0.25, 0.3) is 0 Å². The zero-order chi connectivity index (χ0) is 12.1. The smallest absolute Gasteiger partial charge is 0.395 e. The van der Waals surface area contributed by atoms with E-state index in [9.17, 15) is 8.78 Å². The molecule has 0 saturated carbocycles. The van der Waals surface area contributed by atoms with E-state index in [1.165, 1.54) is 12.1 Å². The first-order valence-corrected chi connectivity index (χ1v) is 4.94. The van der Waals surface area contributed by atoms with Gasteiger partial charge in [-0.25, -0.2) is 0 Å². The number of alkyl halides is 2. The van der Waals surface area contributed by atoms with E-state index in [4.69, 9.17) is 10.00 Å². The largest absolute Gasteiger partial charge is 0.586 e. The van der Waals surface area contributed by atoms with Crippen molar-refractivity contribution in [1.82, 2.24) is 0 Å². The van der Waals surface area contributed by atoms with Gasteiger partial charge in [0.05, 0.1) is 19.3 Å². The molecule has 0 unspecified atom stereocenters. The highest BCUT2D eigenvalue weighted by Gasteiger charge is 2.46. The molecule has 0 aromatic heterocycles. The highest BCUT2D eigenvalue weighted by Crippen LogP contribution is 2.44. The van der Waals surface area contributed by atoms with Crippen LogP contribution in [0.5, 0.6) is 11.5 Å². The quantitative estimate of drug-likeness (QED) is 0.749. The second-order valence-corrected chi connectivity index (χ2v) is 4.02. The maximum atomic E-state index is 12.8. The zero-order valence-electron chi connectivity index (χ0n) is 8.57. The van der Waals surface area contributed by atoms with Crippen molar-refractivity contribution < 1.29 is 23.0 Å². The van der Waals surface area contributed by atoms with Crippen LogP contribution >= 0.6 is 0 Å². The standard InChI is InChI=1S/C11H7F2NO3/c12-11(13)16-8-2-1-7(3-9(8)17-11)10(4-14)5-15-6-10/h1-3H,5-6H2. The SMILES string of the molecule is N#CC1(c2ccc3c(c2)OC(F)(F)O3)COC1. The fourth-order valence-electron chi connectivity index (χ4n) is 1.85. The molecule has 0 bridgehead atoms. The highest BCUT2D eigenvalue weighted by molar-refractivity contribution is 5.49. The average Bonchev–Trinajstić information content (AvgIpc) is 2.50. The summed E-state index contributed by atoms with van der Waals surface area (Å²) in [6.45, 7) is 0.527. The first-order valence-electron chi connectivity index (χ1n) is 4.94. The molecule has 1 aromatic carbocycles. The van der Waals surface area contributed by atoms with Crippen molar-refractivity contribution in [3.8, 4) is 17.6 Å². The van der Waals surface area contributed by atoms with Crippen molar-refractivity contribution in [2.75, 3.05) is 13.2 Å². The summed E-state index contributed by atoms with van der Waals surface area (Å²) in [5.41, 5.74) is -0.151. The van der Waals surface area contributed by atoms with Crippen LogP contribution in [0.1, 0.15) is 5.56 Å². The number of hydrogen-bond donors (Lipinski definition) is 0. The van der Waals surface area contributed by atoms with E-state index >= 15 is 0 Å². The normalized spacial score (nSPS) is 22.6. The summed E-state index contributed by atoms with van der Waals surface area (Å²) in [5, 5.41) is 9.09. The van der Waals surface area contributed by atoms with Gasteiger partial charge in [-0.05, 0) is 17.7 Å². The number of fused-ring (bicyclic) bond motifs is 1. The van der Waals surface area contributed by atoms with Gasteiger partial charge in [-0.15, -0.1) is 8.78 Å². The van der Waals surface area contributed by atoms with Crippen LogP contribution in [0.2, 0.25) is 0 Å². The summed E-state index contributed by atoms with van der Waals surface area (Å²) < 4.78 is 39.2. The highest BCUT2D eigenvalue weighted by atomic mass is 19.3. The van der Waals surface area contributed by atoms with Crippen molar-refractivity contribution in [3.63, 3.8) is 0 Å². The number of ether oxygens (including phenoxy) is 3. The molecule has 88 valence electrons. The number of rotatable bonds is 1. The van der Waals surface area contributed by atoms with Gasteiger partial charge in [-0.1, -0.05) is 6.07 Å². The average molecular weight is 239 g/mol. The Morgan fingerprint density at radius 1 is 1.18 bits per heavy atom. The van der Waals surface area contributed by atoms with E-state index in [2.05, 4.69) is 15.5 Å². The maximum absolute atomic E-state index is 12.8. The lowest BCUT2D eigenvalue weighted by Crippen LogP contribution is -2.45. The molecule has 0 N–H and O–H groups in total. The molecule has 1 saturated heterocycles. The summed E-state index contributed by atoms with van der Waals surface area (Å²) in [7, 11) is 0. The van der Waals surface area contributed by atoms with Gasteiger partial charge in [0.15, 0.2) is 11.5 Å².